The van der Waals surface area contributed by atoms with Gasteiger partial charge >= 0.3 is 5.69 Å². The molecule has 0 spiro atoms. The summed E-state index contributed by atoms with van der Waals surface area (Å²) >= 11 is 8.97. The molecule has 0 heterocycles. The minimum Gasteiger partial charge on any atom is -0.449 e. The molecule has 0 amide bonds. The molecule has 0 aliphatic rings. The first-order chi connectivity index (χ1) is 9.51. The lowest BCUT2D eigenvalue weighted by Gasteiger charge is -2.09. The number of rotatable bonds is 4. The van der Waals surface area contributed by atoms with Crippen molar-refractivity contribution in [2.24, 2.45) is 0 Å². The van der Waals surface area contributed by atoms with E-state index in [-0.39, 0.29) is 27.8 Å². The van der Waals surface area contributed by atoms with Crippen molar-refractivity contribution in [1.82, 2.24) is 0 Å². The van der Waals surface area contributed by atoms with Crippen molar-refractivity contribution in [3.63, 3.8) is 0 Å². The highest BCUT2D eigenvalue weighted by Crippen LogP contribution is 2.35. The predicted molar refractivity (Wildman–Crippen MR) is 77.7 cm³/mol. The maximum atomic E-state index is 11.0. The number of halogens is 2. The van der Waals surface area contributed by atoms with Gasteiger partial charge in [0.2, 0.25) is 5.75 Å². The monoisotopic (exact) mass is 355 g/mol. The Morgan fingerprint density at radius 1 is 1.20 bits per heavy atom. The lowest BCUT2D eigenvalue weighted by molar-refractivity contribution is -0.385. The molecule has 0 radical (unpaired) electrons. The summed E-state index contributed by atoms with van der Waals surface area (Å²) in [6.45, 7) is 0. The van der Waals surface area contributed by atoms with Crippen LogP contribution in [0.3, 0.4) is 0 Å². The Hall–Kier alpha value is -1.92. The van der Waals surface area contributed by atoms with E-state index in [0.29, 0.717) is 10.8 Å². The molecule has 0 saturated carbocycles. The Morgan fingerprint density at radius 2 is 1.95 bits per heavy atom. The summed E-state index contributed by atoms with van der Waals surface area (Å²) in [7, 11) is 0. The molecule has 0 unspecified atom stereocenters. The molecular formula is C13H7BrClNO4. The number of carbonyl (C=O) groups excluding carboxylic acids is 1. The first-order valence-electron chi connectivity index (χ1n) is 5.38. The summed E-state index contributed by atoms with van der Waals surface area (Å²) in [6, 6.07) is 8.83. The fourth-order valence-electron chi connectivity index (χ4n) is 1.53. The van der Waals surface area contributed by atoms with Crippen molar-refractivity contribution in [2.75, 3.05) is 0 Å². The molecule has 7 heteroatoms. The molecule has 5 nitrogen and oxygen atoms in total. The van der Waals surface area contributed by atoms with Crippen LogP contribution >= 0.6 is 27.5 Å². The molecule has 2 aromatic rings. The lowest BCUT2D eigenvalue weighted by Crippen LogP contribution is -1.95. The van der Waals surface area contributed by atoms with Crippen LogP contribution in [-0.2, 0) is 0 Å². The van der Waals surface area contributed by atoms with E-state index < -0.39 is 4.92 Å². The van der Waals surface area contributed by atoms with Crippen molar-refractivity contribution < 1.29 is 14.5 Å². The van der Waals surface area contributed by atoms with E-state index in [1.807, 2.05) is 0 Å². The van der Waals surface area contributed by atoms with Gasteiger partial charge in [-0.05, 0) is 30.3 Å². The van der Waals surface area contributed by atoms with Crippen molar-refractivity contribution >= 4 is 39.5 Å². The summed E-state index contributed by atoms with van der Waals surface area (Å²) in [5.41, 5.74) is 0.0202. The second-order valence-corrected chi connectivity index (χ2v) is 5.12. The molecule has 0 bridgehead atoms. The summed E-state index contributed by atoms with van der Waals surface area (Å²) in [4.78, 5) is 21.3. The largest absolute Gasteiger partial charge is 0.449 e. The number of carbonyl (C=O) groups is 1. The third-order valence-corrected chi connectivity index (χ3v) is 3.17. The maximum Gasteiger partial charge on any atom is 0.313 e. The Labute approximate surface area is 127 Å². The maximum absolute atomic E-state index is 11.0. The van der Waals surface area contributed by atoms with Crippen molar-refractivity contribution in [1.29, 1.82) is 0 Å². The van der Waals surface area contributed by atoms with Crippen LogP contribution in [0.25, 0.3) is 0 Å². The van der Waals surface area contributed by atoms with Crippen LogP contribution in [-0.4, -0.2) is 11.2 Å². The zero-order valence-corrected chi connectivity index (χ0v) is 12.2. The Kier molecular flexibility index (Phi) is 4.36. The van der Waals surface area contributed by atoms with Crippen molar-refractivity contribution in [2.45, 2.75) is 0 Å². The molecular weight excluding hydrogens is 350 g/mol. The number of nitrogens with zero attached hydrogens (tertiary/aromatic N) is 1. The standard InChI is InChI=1S/C13H7BrClNO4/c14-9-2-1-8(7-17)13(5-9)20-12-4-3-10(15)6-11(12)16(18)19/h1-7H. The Bertz CT molecular complexity index is 690. The fourth-order valence-corrected chi connectivity index (χ4v) is 2.04. The van der Waals surface area contributed by atoms with E-state index >= 15 is 0 Å². The van der Waals surface area contributed by atoms with Gasteiger partial charge in [-0.15, -0.1) is 0 Å². The summed E-state index contributed by atoms with van der Waals surface area (Å²) < 4.78 is 6.16. The average Bonchev–Trinajstić information content (AvgIpc) is 2.41. The van der Waals surface area contributed by atoms with Crippen molar-refractivity contribution in [3.8, 4) is 11.5 Å². The van der Waals surface area contributed by atoms with Crippen LogP contribution in [0.4, 0.5) is 5.69 Å². The zero-order valence-electron chi connectivity index (χ0n) is 9.88. The van der Waals surface area contributed by atoms with Crippen molar-refractivity contribution in [3.05, 3.63) is 61.6 Å². The zero-order chi connectivity index (χ0) is 14.7. The minimum atomic E-state index is -0.597. The molecule has 0 aliphatic carbocycles. The number of hydrogen-bond acceptors (Lipinski definition) is 4. The van der Waals surface area contributed by atoms with Gasteiger partial charge in [0, 0.05) is 15.6 Å². The summed E-state index contributed by atoms with van der Waals surface area (Å²) in [6.07, 6.45) is 0.615. The number of aldehydes is 1. The van der Waals surface area contributed by atoms with Gasteiger partial charge in [0.15, 0.2) is 6.29 Å². The molecule has 0 fully saturated rings. The molecule has 102 valence electrons. The van der Waals surface area contributed by atoms with Gasteiger partial charge in [0.1, 0.15) is 5.75 Å². The molecule has 0 aliphatic heterocycles. The van der Waals surface area contributed by atoms with Crippen LogP contribution in [0, 0.1) is 10.1 Å². The van der Waals surface area contributed by atoms with Crippen LogP contribution in [0.5, 0.6) is 11.5 Å². The quantitative estimate of drug-likeness (QED) is 0.455. The van der Waals surface area contributed by atoms with Gasteiger partial charge in [0.05, 0.1) is 10.5 Å². The lowest BCUT2D eigenvalue weighted by atomic mass is 10.2. The molecule has 2 rings (SSSR count). The minimum absolute atomic E-state index is 0.0144. The second-order valence-electron chi connectivity index (χ2n) is 3.77. The number of nitro benzene ring substituents is 1. The molecule has 0 atom stereocenters. The van der Waals surface area contributed by atoms with Gasteiger partial charge in [-0.2, -0.15) is 0 Å². The number of ether oxygens (including phenoxy) is 1. The highest BCUT2D eigenvalue weighted by Gasteiger charge is 2.17. The van der Waals surface area contributed by atoms with Gasteiger partial charge in [-0.25, -0.2) is 0 Å². The molecule has 0 aromatic heterocycles. The van der Waals surface area contributed by atoms with Crippen LogP contribution < -0.4 is 4.74 Å². The average molecular weight is 357 g/mol. The third-order valence-electron chi connectivity index (χ3n) is 2.44. The molecule has 20 heavy (non-hydrogen) atoms. The van der Waals surface area contributed by atoms with Crippen LogP contribution in [0.1, 0.15) is 10.4 Å². The molecule has 2 aromatic carbocycles. The highest BCUT2D eigenvalue weighted by atomic mass is 79.9. The first-order valence-corrected chi connectivity index (χ1v) is 6.55. The van der Waals surface area contributed by atoms with Crippen LogP contribution in [0.15, 0.2) is 40.9 Å². The predicted octanol–water partition coefficient (Wildman–Crippen LogP) is 4.62. The van der Waals surface area contributed by atoms with E-state index in [1.54, 1.807) is 18.2 Å². The van der Waals surface area contributed by atoms with Gasteiger partial charge in [0.25, 0.3) is 0 Å². The van der Waals surface area contributed by atoms with Gasteiger partial charge in [-0.3, -0.25) is 14.9 Å². The molecule has 0 saturated heterocycles. The van der Waals surface area contributed by atoms with E-state index in [1.165, 1.54) is 18.2 Å². The second kappa shape index (κ2) is 6.02. The first kappa shape index (κ1) is 14.5. The fraction of sp³-hybridized carbons (Fsp3) is 0. The number of hydrogen-bond donors (Lipinski definition) is 0. The normalized spacial score (nSPS) is 10.1. The smallest absolute Gasteiger partial charge is 0.313 e. The van der Waals surface area contributed by atoms with E-state index in [4.69, 9.17) is 16.3 Å². The number of nitro groups is 1. The SMILES string of the molecule is O=Cc1ccc(Br)cc1Oc1ccc(Cl)cc1[N+](=O)[O-]. The third kappa shape index (κ3) is 3.15. The number of benzene rings is 2. The Morgan fingerprint density at radius 3 is 2.60 bits per heavy atom. The van der Waals surface area contributed by atoms with Gasteiger partial charge < -0.3 is 4.74 Å². The topological polar surface area (TPSA) is 69.4 Å². The molecule has 0 N–H and O–H groups in total. The highest BCUT2D eigenvalue weighted by molar-refractivity contribution is 9.10. The van der Waals surface area contributed by atoms with E-state index in [9.17, 15) is 14.9 Å². The van der Waals surface area contributed by atoms with E-state index in [2.05, 4.69) is 15.9 Å². The van der Waals surface area contributed by atoms with E-state index in [0.717, 1.165) is 0 Å². The van der Waals surface area contributed by atoms with Gasteiger partial charge in [-0.1, -0.05) is 27.5 Å². The van der Waals surface area contributed by atoms with Crippen LogP contribution in [0.2, 0.25) is 5.02 Å². The Balaban J connectivity index is 2.47. The summed E-state index contributed by atoms with van der Waals surface area (Å²) in [5.74, 6) is 0.236. The summed E-state index contributed by atoms with van der Waals surface area (Å²) in [5, 5.41) is 11.2.